The first-order valence-corrected chi connectivity index (χ1v) is 13.4. The van der Waals surface area contributed by atoms with E-state index in [1.807, 2.05) is 18.2 Å². The molecule has 0 bridgehead atoms. The molecule has 0 unspecified atom stereocenters. The molecule has 4 rings (SSSR count). The van der Waals surface area contributed by atoms with Crippen LogP contribution >= 0.6 is 22.9 Å². The van der Waals surface area contributed by atoms with Crippen LogP contribution in [-0.2, 0) is 19.6 Å². The van der Waals surface area contributed by atoms with Crippen molar-refractivity contribution >= 4 is 44.8 Å². The zero-order valence-corrected chi connectivity index (χ0v) is 20.2. The summed E-state index contributed by atoms with van der Waals surface area (Å²) in [6, 6.07) is 9.00. The van der Waals surface area contributed by atoms with Crippen LogP contribution in [0.1, 0.15) is 32.6 Å². The number of nitrogens with one attached hydrogen (secondary N) is 1. The van der Waals surface area contributed by atoms with Gasteiger partial charge in [-0.3, -0.25) is 9.59 Å². The van der Waals surface area contributed by atoms with Crippen LogP contribution in [0.15, 0.2) is 40.6 Å². The lowest BCUT2D eigenvalue weighted by Crippen LogP contribution is -2.51. The van der Waals surface area contributed by atoms with Crippen molar-refractivity contribution in [2.24, 2.45) is 0 Å². The lowest BCUT2D eigenvalue weighted by Gasteiger charge is -2.32. The van der Waals surface area contributed by atoms with E-state index >= 15 is 0 Å². The van der Waals surface area contributed by atoms with Gasteiger partial charge in [-0.25, -0.2) is 8.42 Å². The van der Waals surface area contributed by atoms with Crippen molar-refractivity contribution in [1.29, 1.82) is 0 Å². The SMILES string of the molecule is C[C@@H](C(=O)N1CCCCC1)N1CC[C@H](NS(=O)(=O)c2ccc(-c3ccccc3Cl)s2)C1=O. The molecule has 2 aliphatic rings. The Morgan fingerprint density at radius 2 is 1.84 bits per heavy atom. The molecule has 32 heavy (non-hydrogen) atoms. The number of carbonyl (C=O) groups excluding carboxylic acids is 2. The van der Waals surface area contributed by atoms with Gasteiger partial charge < -0.3 is 9.80 Å². The zero-order chi connectivity index (χ0) is 22.9. The van der Waals surface area contributed by atoms with Crippen LogP contribution < -0.4 is 4.72 Å². The van der Waals surface area contributed by atoms with Gasteiger partial charge in [0.2, 0.25) is 11.8 Å². The lowest BCUT2D eigenvalue weighted by molar-refractivity contribution is -0.143. The molecule has 7 nitrogen and oxygen atoms in total. The second kappa shape index (κ2) is 9.51. The number of sulfonamides is 1. The van der Waals surface area contributed by atoms with Gasteiger partial charge in [-0.1, -0.05) is 29.8 Å². The highest BCUT2D eigenvalue weighted by Crippen LogP contribution is 2.35. The van der Waals surface area contributed by atoms with E-state index in [2.05, 4.69) is 4.72 Å². The second-order valence-electron chi connectivity index (χ2n) is 8.15. The Kier molecular flexibility index (Phi) is 6.90. The number of amides is 2. The van der Waals surface area contributed by atoms with Crippen molar-refractivity contribution in [2.45, 2.75) is 48.9 Å². The largest absolute Gasteiger partial charge is 0.341 e. The highest BCUT2D eigenvalue weighted by atomic mass is 35.5. The quantitative estimate of drug-likeness (QED) is 0.665. The normalized spacial score (nSPS) is 20.6. The van der Waals surface area contributed by atoms with Crippen LogP contribution in [0.25, 0.3) is 10.4 Å². The number of hydrogen-bond acceptors (Lipinski definition) is 5. The number of rotatable bonds is 6. The van der Waals surface area contributed by atoms with Crippen molar-refractivity contribution in [1.82, 2.24) is 14.5 Å². The molecule has 10 heteroatoms. The van der Waals surface area contributed by atoms with Crippen molar-refractivity contribution in [2.75, 3.05) is 19.6 Å². The molecule has 2 aliphatic heterocycles. The summed E-state index contributed by atoms with van der Waals surface area (Å²) in [7, 11) is -3.88. The topological polar surface area (TPSA) is 86.8 Å². The molecule has 1 aromatic heterocycles. The molecule has 0 radical (unpaired) electrons. The number of nitrogens with zero attached hydrogens (tertiary/aromatic N) is 2. The van der Waals surface area contributed by atoms with Gasteiger partial charge in [0, 0.05) is 35.1 Å². The summed E-state index contributed by atoms with van der Waals surface area (Å²) in [5.41, 5.74) is 0.758. The Labute approximate surface area is 197 Å². The minimum Gasteiger partial charge on any atom is -0.341 e. The number of thiophene rings is 1. The monoisotopic (exact) mass is 495 g/mol. The Hall–Kier alpha value is -1.94. The summed E-state index contributed by atoms with van der Waals surface area (Å²) in [4.78, 5) is 29.8. The first-order valence-electron chi connectivity index (χ1n) is 10.7. The molecule has 2 atom stereocenters. The number of carbonyl (C=O) groups is 2. The zero-order valence-electron chi connectivity index (χ0n) is 17.8. The van der Waals surface area contributed by atoms with E-state index in [4.69, 9.17) is 11.6 Å². The third-order valence-corrected chi connectivity index (χ3v) is 9.43. The molecule has 3 heterocycles. The van der Waals surface area contributed by atoms with E-state index in [0.717, 1.165) is 41.0 Å². The summed E-state index contributed by atoms with van der Waals surface area (Å²) in [6.45, 7) is 3.50. The summed E-state index contributed by atoms with van der Waals surface area (Å²) in [5.74, 6) is -0.418. The highest BCUT2D eigenvalue weighted by molar-refractivity contribution is 7.91. The standard InChI is InChI=1S/C22H26ClN3O4S2/c1-15(21(27)25-12-5-2-6-13-25)26-14-11-18(22(26)28)24-32(29,30)20-10-9-19(31-20)16-7-3-4-8-17(16)23/h3-4,7-10,15,18,24H,2,5-6,11-14H2,1H3/t15-,18-/m0/s1. The van der Waals surface area contributed by atoms with Crippen LogP contribution in [0.2, 0.25) is 5.02 Å². The molecule has 2 aromatic rings. The van der Waals surface area contributed by atoms with Crippen LogP contribution in [0.3, 0.4) is 0 Å². The average molecular weight is 496 g/mol. The summed E-state index contributed by atoms with van der Waals surface area (Å²) >= 11 is 7.33. The minimum atomic E-state index is -3.88. The third-order valence-electron chi connectivity index (χ3n) is 6.02. The van der Waals surface area contributed by atoms with Gasteiger partial charge in [0.15, 0.2) is 0 Å². The summed E-state index contributed by atoms with van der Waals surface area (Å²) < 4.78 is 28.5. The van der Waals surface area contributed by atoms with Crippen LogP contribution in [-0.4, -0.2) is 61.7 Å². The molecule has 0 aliphatic carbocycles. The second-order valence-corrected chi connectivity index (χ2v) is 11.6. The maximum atomic E-state index is 12.9. The molecule has 0 spiro atoms. The number of halogens is 1. The number of likely N-dealkylation sites (tertiary alicyclic amines) is 2. The molecule has 2 fully saturated rings. The van der Waals surface area contributed by atoms with Crippen LogP contribution in [0.4, 0.5) is 0 Å². The predicted molar refractivity (Wildman–Crippen MR) is 125 cm³/mol. The van der Waals surface area contributed by atoms with E-state index in [9.17, 15) is 18.0 Å². The van der Waals surface area contributed by atoms with Gasteiger partial charge in [0.05, 0.1) is 0 Å². The molecule has 2 amide bonds. The van der Waals surface area contributed by atoms with Crippen LogP contribution in [0, 0.1) is 0 Å². The molecule has 172 valence electrons. The molecule has 2 saturated heterocycles. The summed E-state index contributed by atoms with van der Waals surface area (Å²) in [5, 5.41) is 0.542. The molecular weight excluding hydrogens is 470 g/mol. The van der Waals surface area contributed by atoms with Crippen molar-refractivity contribution in [3.05, 3.63) is 41.4 Å². The van der Waals surface area contributed by atoms with E-state index < -0.39 is 22.1 Å². The van der Waals surface area contributed by atoms with Crippen molar-refractivity contribution in [3.63, 3.8) is 0 Å². The predicted octanol–water partition coefficient (Wildman–Crippen LogP) is 3.35. The molecule has 0 saturated carbocycles. The highest BCUT2D eigenvalue weighted by Gasteiger charge is 2.40. The fourth-order valence-electron chi connectivity index (χ4n) is 4.22. The van der Waals surface area contributed by atoms with Gasteiger partial charge in [-0.2, -0.15) is 4.72 Å². The van der Waals surface area contributed by atoms with Crippen molar-refractivity contribution in [3.8, 4) is 10.4 Å². The van der Waals surface area contributed by atoms with Gasteiger partial charge in [-0.15, -0.1) is 11.3 Å². The van der Waals surface area contributed by atoms with Crippen molar-refractivity contribution < 1.29 is 18.0 Å². The first-order chi connectivity index (χ1) is 15.3. The molecular formula is C22H26ClN3O4S2. The lowest BCUT2D eigenvalue weighted by atomic mass is 10.1. The first kappa shape index (κ1) is 23.2. The maximum absolute atomic E-state index is 12.9. The molecule has 1 N–H and O–H groups in total. The Morgan fingerprint density at radius 1 is 1.12 bits per heavy atom. The van der Waals surface area contributed by atoms with E-state index in [0.29, 0.717) is 31.1 Å². The molecule has 1 aromatic carbocycles. The maximum Gasteiger partial charge on any atom is 0.250 e. The van der Waals surface area contributed by atoms with E-state index in [1.165, 1.54) is 11.0 Å². The van der Waals surface area contributed by atoms with Gasteiger partial charge in [0.1, 0.15) is 16.3 Å². The Bertz CT molecular complexity index is 1110. The number of benzene rings is 1. The number of hydrogen-bond donors (Lipinski definition) is 1. The fourth-order valence-corrected chi connectivity index (χ4v) is 7.10. The van der Waals surface area contributed by atoms with Gasteiger partial charge >= 0.3 is 0 Å². The fraction of sp³-hybridized carbons (Fsp3) is 0.455. The Morgan fingerprint density at radius 3 is 2.56 bits per heavy atom. The average Bonchev–Trinajstić information content (AvgIpc) is 3.42. The number of piperidine rings is 1. The van der Waals surface area contributed by atoms with E-state index in [-0.39, 0.29) is 16.0 Å². The van der Waals surface area contributed by atoms with E-state index in [1.54, 1.807) is 24.0 Å². The smallest absolute Gasteiger partial charge is 0.250 e. The minimum absolute atomic E-state index is 0.0656. The van der Waals surface area contributed by atoms with Gasteiger partial charge in [0.25, 0.3) is 10.0 Å². The van der Waals surface area contributed by atoms with Crippen LogP contribution in [0.5, 0.6) is 0 Å². The van der Waals surface area contributed by atoms with Gasteiger partial charge in [-0.05, 0) is 50.8 Å². The summed E-state index contributed by atoms with van der Waals surface area (Å²) in [6.07, 6.45) is 3.40. The Balaban J connectivity index is 1.43. The third kappa shape index (κ3) is 4.71.